The van der Waals surface area contributed by atoms with E-state index in [1.807, 2.05) is 0 Å². The summed E-state index contributed by atoms with van der Waals surface area (Å²) < 4.78 is 10.3. The Morgan fingerprint density at radius 2 is 1.89 bits per heavy atom. The van der Waals surface area contributed by atoms with Crippen molar-refractivity contribution >= 4 is 11.7 Å². The van der Waals surface area contributed by atoms with Gasteiger partial charge in [-0.25, -0.2) is 4.79 Å². The van der Waals surface area contributed by atoms with Gasteiger partial charge >= 0.3 is 6.03 Å². The molecule has 0 bridgehead atoms. The molecule has 19 heavy (non-hydrogen) atoms. The molecule has 0 radical (unpaired) electrons. The zero-order valence-corrected chi connectivity index (χ0v) is 12.2. The second-order valence-electron chi connectivity index (χ2n) is 5.43. The molecule has 1 rings (SSSR count). The Morgan fingerprint density at radius 3 is 2.42 bits per heavy atom. The van der Waals surface area contributed by atoms with Gasteiger partial charge in [-0.05, 0) is 17.5 Å². The molecule has 0 unspecified atom stereocenters. The minimum absolute atomic E-state index is 0.0430. The number of anilines is 1. The smallest absolute Gasteiger partial charge is 0.319 e. The molecule has 5 nitrogen and oxygen atoms in total. The molecule has 1 aromatic rings. The highest BCUT2D eigenvalue weighted by Gasteiger charge is 2.13. The quantitative estimate of drug-likeness (QED) is 0.881. The minimum atomic E-state index is -0.251. The number of rotatable bonds is 4. The van der Waals surface area contributed by atoms with Crippen LogP contribution in [0.4, 0.5) is 10.5 Å². The molecule has 0 fully saturated rings. The van der Waals surface area contributed by atoms with Crippen molar-refractivity contribution in [3.63, 3.8) is 0 Å². The average molecular weight is 266 g/mol. The number of carbonyl (C=O) groups is 1. The van der Waals surface area contributed by atoms with Crippen LogP contribution < -0.4 is 20.1 Å². The van der Waals surface area contributed by atoms with Crippen LogP contribution in [0.1, 0.15) is 20.8 Å². The van der Waals surface area contributed by atoms with E-state index in [2.05, 4.69) is 31.4 Å². The Morgan fingerprint density at radius 1 is 1.21 bits per heavy atom. The zero-order chi connectivity index (χ0) is 14.5. The number of amides is 2. The van der Waals surface area contributed by atoms with Gasteiger partial charge in [0.25, 0.3) is 0 Å². The molecule has 106 valence electrons. The van der Waals surface area contributed by atoms with Gasteiger partial charge in [-0.15, -0.1) is 0 Å². The summed E-state index contributed by atoms with van der Waals surface area (Å²) in [4.78, 5) is 11.8. The fourth-order valence-electron chi connectivity index (χ4n) is 1.41. The first-order valence-corrected chi connectivity index (χ1v) is 6.12. The summed E-state index contributed by atoms with van der Waals surface area (Å²) in [7, 11) is 3.13. The molecule has 0 aromatic heterocycles. The van der Waals surface area contributed by atoms with Crippen molar-refractivity contribution in [1.82, 2.24) is 5.32 Å². The molecule has 0 heterocycles. The fraction of sp³-hybridized carbons (Fsp3) is 0.500. The van der Waals surface area contributed by atoms with Crippen LogP contribution in [0, 0.1) is 5.41 Å². The number of ether oxygens (including phenoxy) is 2. The highest BCUT2D eigenvalue weighted by atomic mass is 16.5. The normalized spacial score (nSPS) is 10.8. The Labute approximate surface area is 114 Å². The summed E-state index contributed by atoms with van der Waals surface area (Å²) >= 11 is 0. The first-order valence-electron chi connectivity index (χ1n) is 6.12. The lowest BCUT2D eigenvalue weighted by molar-refractivity contribution is 0.246. The molecule has 2 amide bonds. The van der Waals surface area contributed by atoms with E-state index < -0.39 is 0 Å². The van der Waals surface area contributed by atoms with Crippen molar-refractivity contribution in [3.05, 3.63) is 18.2 Å². The molecule has 0 aliphatic rings. The van der Waals surface area contributed by atoms with E-state index in [9.17, 15) is 4.79 Å². The Kier molecular flexibility index (Phi) is 5.03. The first-order chi connectivity index (χ1) is 8.85. The standard InChI is InChI=1S/C14H22N2O3/c1-14(2,3)9-15-13(17)16-11-7-6-10(18-4)8-12(11)19-5/h6-8H,9H2,1-5H3,(H2,15,16,17). The van der Waals surface area contributed by atoms with Gasteiger partial charge in [0.1, 0.15) is 11.5 Å². The average Bonchev–Trinajstić information content (AvgIpc) is 2.36. The fourth-order valence-corrected chi connectivity index (χ4v) is 1.41. The van der Waals surface area contributed by atoms with E-state index in [1.54, 1.807) is 32.4 Å². The molecule has 0 saturated carbocycles. The third-order valence-electron chi connectivity index (χ3n) is 2.44. The van der Waals surface area contributed by atoms with Crippen LogP contribution in [0.2, 0.25) is 0 Å². The number of hydrogen-bond donors (Lipinski definition) is 2. The number of methoxy groups -OCH3 is 2. The van der Waals surface area contributed by atoms with E-state index in [1.165, 1.54) is 0 Å². The molecular formula is C14H22N2O3. The minimum Gasteiger partial charge on any atom is -0.497 e. The molecule has 0 aliphatic carbocycles. The van der Waals surface area contributed by atoms with Gasteiger partial charge in [0.2, 0.25) is 0 Å². The molecule has 0 saturated heterocycles. The first kappa shape index (κ1) is 15.1. The van der Waals surface area contributed by atoms with Crippen molar-refractivity contribution in [2.45, 2.75) is 20.8 Å². The second kappa shape index (κ2) is 6.31. The van der Waals surface area contributed by atoms with Crippen molar-refractivity contribution < 1.29 is 14.3 Å². The summed E-state index contributed by atoms with van der Waals surface area (Å²) in [6.45, 7) is 6.76. The maximum atomic E-state index is 11.8. The number of carbonyl (C=O) groups excluding carboxylic acids is 1. The van der Waals surface area contributed by atoms with Gasteiger partial charge in [-0.2, -0.15) is 0 Å². The number of urea groups is 1. The summed E-state index contributed by atoms with van der Waals surface area (Å²) in [6.07, 6.45) is 0. The number of nitrogens with one attached hydrogen (secondary N) is 2. The van der Waals surface area contributed by atoms with Crippen LogP contribution in [-0.2, 0) is 0 Å². The Bertz CT molecular complexity index is 439. The second-order valence-corrected chi connectivity index (χ2v) is 5.43. The van der Waals surface area contributed by atoms with Gasteiger partial charge in [-0.1, -0.05) is 20.8 Å². The summed E-state index contributed by atoms with van der Waals surface area (Å²) in [5.41, 5.74) is 0.649. The van der Waals surface area contributed by atoms with Gasteiger partial charge in [0.05, 0.1) is 19.9 Å². The van der Waals surface area contributed by atoms with E-state index in [-0.39, 0.29) is 11.4 Å². The predicted octanol–water partition coefficient (Wildman–Crippen LogP) is 2.87. The highest BCUT2D eigenvalue weighted by molar-refractivity contribution is 5.91. The van der Waals surface area contributed by atoms with Gasteiger partial charge in [0.15, 0.2) is 0 Å². The van der Waals surface area contributed by atoms with E-state index in [0.717, 1.165) is 0 Å². The van der Waals surface area contributed by atoms with E-state index in [0.29, 0.717) is 23.7 Å². The number of benzene rings is 1. The van der Waals surface area contributed by atoms with Crippen molar-refractivity contribution in [2.75, 3.05) is 26.1 Å². The summed E-state index contributed by atoms with van der Waals surface area (Å²) in [5, 5.41) is 5.57. The maximum Gasteiger partial charge on any atom is 0.319 e. The van der Waals surface area contributed by atoms with Crippen LogP contribution in [0.5, 0.6) is 11.5 Å². The Hall–Kier alpha value is -1.91. The molecule has 5 heteroatoms. The van der Waals surface area contributed by atoms with Crippen LogP contribution in [-0.4, -0.2) is 26.8 Å². The van der Waals surface area contributed by atoms with E-state index >= 15 is 0 Å². The summed E-state index contributed by atoms with van der Waals surface area (Å²) in [6, 6.07) is 4.98. The maximum absolute atomic E-state index is 11.8. The highest BCUT2D eigenvalue weighted by Crippen LogP contribution is 2.28. The topological polar surface area (TPSA) is 59.6 Å². The van der Waals surface area contributed by atoms with Crippen LogP contribution >= 0.6 is 0 Å². The van der Waals surface area contributed by atoms with Gasteiger partial charge in [0, 0.05) is 12.6 Å². The third-order valence-corrected chi connectivity index (χ3v) is 2.44. The molecule has 0 spiro atoms. The zero-order valence-electron chi connectivity index (χ0n) is 12.2. The van der Waals surface area contributed by atoms with Crippen LogP contribution in [0.3, 0.4) is 0 Å². The molecule has 0 atom stereocenters. The summed E-state index contributed by atoms with van der Waals surface area (Å²) in [5.74, 6) is 1.24. The van der Waals surface area contributed by atoms with Gasteiger partial charge < -0.3 is 20.1 Å². The van der Waals surface area contributed by atoms with Crippen molar-refractivity contribution in [2.24, 2.45) is 5.41 Å². The predicted molar refractivity (Wildman–Crippen MR) is 76.0 cm³/mol. The van der Waals surface area contributed by atoms with Crippen molar-refractivity contribution in [3.8, 4) is 11.5 Å². The molecule has 2 N–H and O–H groups in total. The lowest BCUT2D eigenvalue weighted by Gasteiger charge is -2.19. The number of hydrogen-bond acceptors (Lipinski definition) is 3. The lowest BCUT2D eigenvalue weighted by atomic mass is 9.97. The molecular weight excluding hydrogens is 244 g/mol. The molecule has 1 aromatic carbocycles. The van der Waals surface area contributed by atoms with E-state index in [4.69, 9.17) is 9.47 Å². The van der Waals surface area contributed by atoms with Crippen LogP contribution in [0.15, 0.2) is 18.2 Å². The lowest BCUT2D eigenvalue weighted by Crippen LogP contribution is -2.35. The van der Waals surface area contributed by atoms with Gasteiger partial charge in [-0.3, -0.25) is 0 Å². The Balaban J connectivity index is 2.68. The van der Waals surface area contributed by atoms with Crippen LogP contribution in [0.25, 0.3) is 0 Å². The largest absolute Gasteiger partial charge is 0.497 e. The SMILES string of the molecule is COc1ccc(NC(=O)NCC(C)(C)C)c(OC)c1. The third kappa shape index (κ3) is 5.07. The molecule has 0 aliphatic heterocycles. The van der Waals surface area contributed by atoms with Crippen molar-refractivity contribution in [1.29, 1.82) is 0 Å². The monoisotopic (exact) mass is 266 g/mol.